The summed E-state index contributed by atoms with van der Waals surface area (Å²) in [5, 5.41) is 0. The van der Waals surface area contributed by atoms with Crippen molar-refractivity contribution >= 4 is 40.7 Å². The topological polar surface area (TPSA) is 20.3 Å². The van der Waals surface area contributed by atoms with E-state index in [0.717, 1.165) is 0 Å². The van der Waals surface area contributed by atoms with E-state index in [1.54, 1.807) is 0 Å². The molecule has 0 N–H and O–H groups in total. The molecule has 0 atom stereocenters. The molecule has 0 aliphatic carbocycles. The van der Waals surface area contributed by atoms with Crippen LogP contribution >= 0.6 is 34.8 Å². The van der Waals surface area contributed by atoms with E-state index < -0.39 is 9.70 Å². The smallest absolute Gasteiger partial charge is 0.274 e. The number of carbonyl (C=O) groups is 1. The second-order valence-corrected chi connectivity index (χ2v) is 4.26. The van der Waals surface area contributed by atoms with Crippen LogP contribution < -0.4 is 0 Å². The summed E-state index contributed by atoms with van der Waals surface area (Å²) in [6.07, 6.45) is 0. The molecule has 0 aromatic carbocycles. The van der Waals surface area contributed by atoms with Gasteiger partial charge < -0.3 is 4.90 Å². The summed E-state index contributed by atoms with van der Waals surface area (Å²) in [6, 6.07) is 0. The van der Waals surface area contributed by atoms with E-state index in [1.165, 1.54) is 4.90 Å². The van der Waals surface area contributed by atoms with Gasteiger partial charge in [-0.15, -0.1) is 0 Å². The zero-order valence-corrected chi connectivity index (χ0v) is 8.67. The van der Waals surface area contributed by atoms with Crippen LogP contribution in [-0.2, 0) is 4.79 Å². The van der Waals surface area contributed by atoms with Crippen LogP contribution in [0.5, 0.6) is 0 Å². The van der Waals surface area contributed by atoms with Crippen molar-refractivity contribution in [1.82, 2.24) is 4.90 Å². The number of hydrogen-bond acceptors (Lipinski definition) is 1. The van der Waals surface area contributed by atoms with Gasteiger partial charge in [0.2, 0.25) is 0 Å². The lowest BCUT2D eigenvalue weighted by Gasteiger charge is -2.22. The molecule has 0 aliphatic rings. The molecular weight excluding hydrogens is 208 g/mol. The van der Waals surface area contributed by atoms with Gasteiger partial charge >= 0.3 is 0 Å². The van der Waals surface area contributed by atoms with Crippen molar-refractivity contribution < 1.29 is 4.79 Å². The number of alkyl halides is 3. The van der Waals surface area contributed by atoms with Crippen molar-refractivity contribution in [3.8, 4) is 0 Å². The maximum absolute atomic E-state index is 11.2. The van der Waals surface area contributed by atoms with Gasteiger partial charge in [0, 0.05) is 13.1 Å². The molecule has 11 heavy (non-hydrogen) atoms. The minimum Gasteiger partial charge on any atom is -0.340 e. The Morgan fingerprint density at radius 2 is 1.64 bits per heavy atom. The first-order valence-corrected chi connectivity index (χ1v) is 4.43. The van der Waals surface area contributed by atoms with Gasteiger partial charge in [-0.25, -0.2) is 0 Å². The van der Waals surface area contributed by atoms with Crippen LogP contribution in [0.15, 0.2) is 0 Å². The predicted molar refractivity (Wildman–Crippen MR) is 48.2 cm³/mol. The monoisotopic (exact) mass is 217 g/mol. The van der Waals surface area contributed by atoms with E-state index in [9.17, 15) is 4.79 Å². The molecule has 66 valence electrons. The van der Waals surface area contributed by atoms with Crippen LogP contribution in [0.2, 0.25) is 0 Å². The van der Waals surface area contributed by atoms with Gasteiger partial charge in [-0.1, -0.05) is 34.8 Å². The lowest BCUT2D eigenvalue weighted by Crippen LogP contribution is -2.38. The van der Waals surface area contributed by atoms with Gasteiger partial charge in [-0.2, -0.15) is 0 Å². The Hall–Kier alpha value is 0.340. The van der Waals surface area contributed by atoms with E-state index in [1.807, 2.05) is 13.8 Å². The SMILES string of the molecule is CCN(CC)C(=O)C(Cl)(Cl)Cl. The Morgan fingerprint density at radius 3 is 1.73 bits per heavy atom. The summed E-state index contributed by atoms with van der Waals surface area (Å²) in [5.41, 5.74) is 0. The first-order valence-electron chi connectivity index (χ1n) is 3.29. The van der Waals surface area contributed by atoms with Gasteiger partial charge in [0.05, 0.1) is 0 Å². The average Bonchev–Trinajstić information content (AvgIpc) is 1.88. The van der Waals surface area contributed by atoms with Crippen molar-refractivity contribution in [3.05, 3.63) is 0 Å². The Bertz CT molecular complexity index is 139. The maximum Gasteiger partial charge on any atom is 0.274 e. The van der Waals surface area contributed by atoms with Crippen LogP contribution in [0.25, 0.3) is 0 Å². The standard InChI is InChI=1S/C6H10Cl3NO/c1-3-10(4-2)5(11)6(7,8)9/h3-4H2,1-2H3. The molecular formula is C6H10Cl3NO. The summed E-state index contributed by atoms with van der Waals surface area (Å²) in [6.45, 7) is 4.78. The largest absolute Gasteiger partial charge is 0.340 e. The highest BCUT2D eigenvalue weighted by Gasteiger charge is 2.33. The van der Waals surface area contributed by atoms with Crippen LogP contribution in [0.4, 0.5) is 0 Å². The number of amides is 1. The fourth-order valence-electron chi connectivity index (χ4n) is 0.690. The second-order valence-electron chi connectivity index (χ2n) is 1.98. The summed E-state index contributed by atoms with van der Waals surface area (Å²) in [7, 11) is 0. The average molecular weight is 219 g/mol. The first kappa shape index (κ1) is 11.3. The van der Waals surface area contributed by atoms with Crippen molar-refractivity contribution in [1.29, 1.82) is 0 Å². The summed E-state index contributed by atoms with van der Waals surface area (Å²) >= 11 is 16.1. The van der Waals surface area contributed by atoms with Gasteiger partial charge in [0.15, 0.2) is 0 Å². The third-order valence-corrected chi connectivity index (χ3v) is 1.78. The third-order valence-electron chi connectivity index (χ3n) is 1.29. The van der Waals surface area contributed by atoms with E-state index in [0.29, 0.717) is 13.1 Å². The van der Waals surface area contributed by atoms with E-state index in [-0.39, 0.29) is 0 Å². The molecule has 0 bridgehead atoms. The molecule has 1 amide bonds. The molecule has 0 radical (unpaired) electrons. The van der Waals surface area contributed by atoms with Gasteiger partial charge in [0.25, 0.3) is 9.70 Å². The van der Waals surface area contributed by atoms with E-state index in [4.69, 9.17) is 34.8 Å². The highest BCUT2D eigenvalue weighted by molar-refractivity contribution is 6.76. The quantitative estimate of drug-likeness (QED) is 0.651. The number of hydrogen-bond donors (Lipinski definition) is 0. The predicted octanol–water partition coefficient (Wildman–Crippen LogP) is 2.22. The van der Waals surface area contributed by atoms with E-state index in [2.05, 4.69) is 0 Å². The van der Waals surface area contributed by atoms with E-state index >= 15 is 0 Å². The second kappa shape index (κ2) is 4.39. The molecule has 0 aliphatic heterocycles. The molecule has 0 heterocycles. The Labute approximate surface area is 81.4 Å². The van der Waals surface area contributed by atoms with Crippen LogP contribution in [0, 0.1) is 0 Å². The van der Waals surface area contributed by atoms with Gasteiger partial charge in [-0.3, -0.25) is 4.79 Å². The molecule has 0 unspecified atom stereocenters. The summed E-state index contributed by atoms with van der Waals surface area (Å²) < 4.78 is -1.81. The van der Waals surface area contributed by atoms with Crippen molar-refractivity contribution in [2.24, 2.45) is 0 Å². The fourth-order valence-corrected chi connectivity index (χ4v) is 1.05. The zero-order chi connectivity index (χ0) is 9.07. The van der Waals surface area contributed by atoms with Gasteiger partial charge in [-0.05, 0) is 13.8 Å². The van der Waals surface area contributed by atoms with Crippen molar-refractivity contribution in [2.45, 2.75) is 17.6 Å². The van der Waals surface area contributed by atoms with Crippen molar-refractivity contribution in [3.63, 3.8) is 0 Å². The number of carbonyl (C=O) groups excluding carboxylic acids is 1. The van der Waals surface area contributed by atoms with Crippen LogP contribution in [-0.4, -0.2) is 27.7 Å². The third kappa shape index (κ3) is 3.50. The minimum absolute atomic E-state index is 0.465. The van der Waals surface area contributed by atoms with Crippen LogP contribution in [0.3, 0.4) is 0 Å². The first-order chi connectivity index (χ1) is 4.93. The van der Waals surface area contributed by atoms with Crippen LogP contribution in [0.1, 0.15) is 13.8 Å². The Balaban J connectivity index is 4.22. The highest BCUT2D eigenvalue weighted by Crippen LogP contribution is 2.28. The maximum atomic E-state index is 11.2. The Kier molecular flexibility index (Phi) is 4.52. The molecule has 2 nitrogen and oxygen atoms in total. The normalized spacial score (nSPS) is 11.4. The number of rotatable bonds is 2. The molecule has 0 spiro atoms. The number of nitrogens with zero attached hydrogens (tertiary/aromatic N) is 1. The zero-order valence-electron chi connectivity index (χ0n) is 6.40. The summed E-state index contributed by atoms with van der Waals surface area (Å²) in [4.78, 5) is 12.6. The molecule has 0 saturated carbocycles. The molecule has 5 heteroatoms. The molecule has 0 saturated heterocycles. The fraction of sp³-hybridized carbons (Fsp3) is 0.833. The molecule has 0 aromatic heterocycles. The summed E-state index contributed by atoms with van der Waals surface area (Å²) in [5.74, 6) is -0.465. The van der Waals surface area contributed by atoms with Gasteiger partial charge in [0.1, 0.15) is 0 Å². The lowest BCUT2D eigenvalue weighted by atomic mass is 10.5. The number of halogens is 3. The molecule has 0 rings (SSSR count). The molecule has 0 fully saturated rings. The molecule has 0 aromatic rings. The minimum atomic E-state index is -1.81. The lowest BCUT2D eigenvalue weighted by molar-refractivity contribution is -0.129. The Morgan fingerprint density at radius 1 is 1.27 bits per heavy atom. The highest BCUT2D eigenvalue weighted by atomic mass is 35.6. The van der Waals surface area contributed by atoms with Crippen molar-refractivity contribution in [2.75, 3.05) is 13.1 Å².